The summed E-state index contributed by atoms with van der Waals surface area (Å²) in [7, 11) is 0. The minimum atomic E-state index is -0.830. The highest BCUT2D eigenvalue weighted by Gasteiger charge is 2.24. The molecule has 4 nitrogen and oxygen atoms in total. The first-order chi connectivity index (χ1) is 9.54. The average molecular weight is 335 g/mol. The summed E-state index contributed by atoms with van der Waals surface area (Å²) < 4.78 is 0.968. The van der Waals surface area contributed by atoms with Crippen LogP contribution in [0.25, 0.3) is 10.9 Å². The van der Waals surface area contributed by atoms with Crippen LogP contribution in [0.2, 0.25) is 0 Å². The highest BCUT2D eigenvalue weighted by molar-refractivity contribution is 9.10. The van der Waals surface area contributed by atoms with Crippen molar-refractivity contribution in [3.8, 4) is 0 Å². The molecule has 20 heavy (non-hydrogen) atoms. The fourth-order valence-electron chi connectivity index (χ4n) is 2.36. The second kappa shape index (κ2) is 5.05. The molecule has 0 radical (unpaired) electrons. The molecule has 0 spiro atoms. The summed E-state index contributed by atoms with van der Waals surface area (Å²) in [6, 6.07) is 6.37. The number of nitrogens with zero attached hydrogens (tertiary/aromatic N) is 1. The van der Waals surface area contributed by atoms with Gasteiger partial charge in [-0.25, -0.2) is 0 Å². The first-order valence-corrected chi connectivity index (χ1v) is 7.41. The number of rotatable bonds is 4. The van der Waals surface area contributed by atoms with E-state index in [1.54, 1.807) is 0 Å². The summed E-state index contributed by atoms with van der Waals surface area (Å²) >= 11 is 3.47. The lowest BCUT2D eigenvalue weighted by Crippen LogP contribution is -2.11. The normalized spacial score (nSPS) is 14.5. The second-order valence-corrected chi connectivity index (χ2v) is 6.12. The van der Waals surface area contributed by atoms with Gasteiger partial charge in [-0.05, 0) is 38.0 Å². The molecule has 0 unspecified atom stereocenters. The Morgan fingerprint density at radius 3 is 2.90 bits per heavy atom. The molecule has 1 aromatic carbocycles. The Hall–Kier alpha value is -1.62. The van der Waals surface area contributed by atoms with E-state index >= 15 is 0 Å². The van der Waals surface area contributed by atoms with Gasteiger partial charge in [-0.2, -0.15) is 0 Å². The molecule has 0 atom stereocenters. The van der Waals surface area contributed by atoms with E-state index in [-0.39, 0.29) is 6.42 Å². The predicted octanol–water partition coefficient (Wildman–Crippen LogP) is 3.51. The fraction of sp³-hybridized carbons (Fsp3) is 0.333. The number of benzene rings is 1. The molecule has 0 saturated heterocycles. The Bertz CT molecular complexity index is 696. The van der Waals surface area contributed by atoms with E-state index < -0.39 is 5.97 Å². The maximum atomic E-state index is 11.1. The van der Waals surface area contributed by atoms with Crippen LogP contribution in [0.3, 0.4) is 0 Å². The van der Waals surface area contributed by atoms with Crippen molar-refractivity contribution in [1.29, 1.82) is 0 Å². The molecule has 2 aromatic rings. The lowest BCUT2D eigenvalue weighted by Gasteiger charge is -2.16. The smallest absolute Gasteiger partial charge is 0.307 e. The van der Waals surface area contributed by atoms with Crippen LogP contribution in [-0.4, -0.2) is 22.1 Å². The summed E-state index contributed by atoms with van der Waals surface area (Å²) in [4.78, 5) is 15.6. The van der Waals surface area contributed by atoms with Gasteiger partial charge in [0, 0.05) is 32.8 Å². The molecular weight excluding hydrogens is 320 g/mol. The van der Waals surface area contributed by atoms with Gasteiger partial charge in [0.05, 0.1) is 11.9 Å². The van der Waals surface area contributed by atoms with E-state index in [2.05, 4.69) is 26.2 Å². The van der Waals surface area contributed by atoms with Crippen molar-refractivity contribution in [1.82, 2.24) is 4.98 Å². The third-order valence-electron chi connectivity index (χ3n) is 3.51. The molecule has 1 fully saturated rings. The van der Waals surface area contributed by atoms with Crippen LogP contribution >= 0.6 is 15.9 Å². The van der Waals surface area contributed by atoms with Gasteiger partial charge in [0.25, 0.3) is 0 Å². The van der Waals surface area contributed by atoms with E-state index in [9.17, 15) is 4.79 Å². The average Bonchev–Trinajstić information content (AvgIpc) is 3.18. The quantitative estimate of drug-likeness (QED) is 0.898. The van der Waals surface area contributed by atoms with Crippen LogP contribution in [0, 0.1) is 6.92 Å². The molecule has 1 aliphatic rings. The maximum absolute atomic E-state index is 11.1. The van der Waals surface area contributed by atoms with Crippen LogP contribution in [0.1, 0.15) is 24.1 Å². The van der Waals surface area contributed by atoms with Crippen LogP contribution in [0.4, 0.5) is 5.69 Å². The Morgan fingerprint density at radius 1 is 1.50 bits per heavy atom. The largest absolute Gasteiger partial charge is 0.481 e. The first kappa shape index (κ1) is 13.4. The molecule has 0 bridgehead atoms. The van der Waals surface area contributed by atoms with Gasteiger partial charge >= 0.3 is 5.97 Å². The second-order valence-electron chi connectivity index (χ2n) is 5.20. The van der Waals surface area contributed by atoms with E-state index in [1.165, 1.54) is 0 Å². The third-order valence-corrected chi connectivity index (χ3v) is 4.00. The molecule has 0 aliphatic heterocycles. The van der Waals surface area contributed by atoms with Gasteiger partial charge in [0.2, 0.25) is 0 Å². The monoisotopic (exact) mass is 334 g/mol. The van der Waals surface area contributed by atoms with Crippen molar-refractivity contribution in [2.45, 2.75) is 32.2 Å². The number of hydrogen-bond acceptors (Lipinski definition) is 3. The number of fused-ring (bicyclic) bond motifs is 1. The van der Waals surface area contributed by atoms with E-state index in [0.29, 0.717) is 6.04 Å². The van der Waals surface area contributed by atoms with Crippen molar-refractivity contribution >= 4 is 38.5 Å². The number of pyridine rings is 1. The van der Waals surface area contributed by atoms with Gasteiger partial charge < -0.3 is 10.4 Å². The summed E-state index contributed by atoms with van der Waals surface area (Å²) in [6.45, 7) is 1.87. The molecule has 1 saturated carbocycles. The van der Waals surface area contributed by atoms with Crippen LogP contribution in [0.5, 0.6) is 0 Å². The van der Waals surface area contributed by atoms with Crippen LogP contribution < -0.4 is 5.32 Å². The van der Waals surface area contributed by atoms with Gasteiger partial charge in [0.15, 0.2) is 0 Å². The summed E-state index contributed by atoms with van der Waals surface area (Å²) in [5.74, 6) is -0.830. The van der Waals surface area contributed by atoms with E-state index in [1.807, 2.05) is 25.1 Å². The van der Waals surface area contributed by atoms with E-state index in [0.717, 1.165) is 45.2 Å². The summed E-state index contributed by atoms with van der Waals surface area (Å²) in [6.07, 6.45) is 2.28. The number of carbonyl (C=O) groups is 1. The molecule has 1 aromatic heterocycles. The van der Waals surface area contributed by atoms with Crippen molar-refractivity contribution < 1.29 is 9.90 Å². The number of hydrogen-bond donors (Lipinski definition) is 2. The molecular formula is C15H15BrN2O2. The van der Waals surface area contributed by atoms with Gasteiger partial charge in [-0.1, -0.05) is 15.9 Å². The number of anilines is 1. The van der Waals surface area contributed by atoms with Crippen molar-refractivity contribution in [3.05, 3.63) is 33.9 Å². The highest BCUT2D eigenvalue weighted by Crippen LogP contribution is 2.35. The van der Waals surface area contributed by atoms with Crippen LogP contribution in [0.15, 0.2) is 22.7 Å². The Labute approximate surface area is 125 Å². The van der Waals surface area contributed by atoms with E-state index in [4.69, 9.17) is 5.11 Å². The number of aromatic nitrogens is 1. The first-order valence-electron chi connectivity index (χ1n) is 6.61. The number of nitrogens with one attached hydrogen (secondary N) is 1. The van der Waals surface area contributed by atoms with Crippen molar-refractivity contribution in [3.63, 3.8) is 0 Å². The maximum Gasteiger partial charge on any atom is 0.307 e. The predicted molar refractivity (Wildman–Crippen MR) is 82.2 cm³/mol. The minimum Gasteiger partial charge on any atom is -0.481 e. The van der Waals surface area contributed by atoms with Gasteiger partial charge in [-0.3, -0.25) is 9.78 Å². The SMILES string of the molecule is Cc1nc2ccc(Br)cc2c(NC2CC2)c1CC(=O)O. The minimum absolute atomic E-state index is 0.00363. The Morgan fingerprint density at radius 2 is 2.25 bits per heavy atom. The summed E-state index contributed by atoms with van der Waals surface area (Å²) in [5.41, 5.74) is 3.39. The number of carboxylic acids is 1. The topological polar surface area (TPSA) is 62.2 Å². The lowest BCUT2D eigenvalue weighted by molar-refractivity contribution is -0.136. The fourth-order valence-corrected chi connectivity index (χ4v) is 2.72. The molecule has 2 N–H and O–H groups in total. The highest BCUT2D eigenvalue weighted by atomic mass is 79.9. The molecule has 0 amide bonds. The molecule has 1 aliphatic carbocycles. The molecule has 5 heteroatoms. The molecule has 104 valence electrons. The number of carboxylic acid groups (broad SMARTS) is 1. The standard InChI is InChI=1S/C15H15BrN2O2/c1-8-11(7-14(19)20)15(18-10-3-4-10)12-6-9(16)2-5-13(12)17-8/h2,5-6,10H,3-4,7H2,1H3,(H,17,18)(H,19,20). The lowest BCUT2D eigenvalue weighted by atomic mass is 10.0. The Balaban J connectivity index is 2.22. The zero-order valence-electron chi connectivity index (χ0n) is 11.1. The number of aliphatic carboxylic acids is 1. The molecule has 1 heterocycles. The zero-order chi connectivity index (χ0) is 14.3. The summed E-state index contributed by atoms with van der Waals surface area (Å²) in [5, 5.41) is 13.6. The van der Waals surface area contributed by atoms with Gasteiger partial charge in [-0.15, -0.1) is 0 Å². The van der Waals surface area contributed by atoms with Gasteiger partial charge in [0.1, 0.15) is 0 Å². The zero-order valence-corrected chi connectivity index (χ0v) is 12.7. The molecule has 3 rings (SSSR count). The number of aryl methyl sites for hydroxylation is 1. The number of halogens is 1. The van der Waals surface area contributed by atoms with Crippen molar-refractivity contribution in [2.75, 3.05) is 5.32 Å². The van der Waals surface area contributed by atoms with Crippen LogP contribution in [-0.2, 0) is 11.2 Å². The Kier molecular flexibility index (Phi) is 3.38. The third kappa shape index (κ3) is 2.63. The van der Waals surface area contributed by atoms with Crippen molar-refractivity contribution in [2.24, 2.45) is 0 Å².